The second-order valence-corrected chi connectivity index (χ2v) is 6.33. The summed E-state index contributed by atoms with van der Waals surface area (Å²) in [5.74, 6) is 0.409. The van der Waals surface area contributed by atoms with E-state index in [9.17, 15) is 0 Å². The lowest BCUT2D eigenvalue weighted by atomic mass is 10.2. The quantitative estimate of drug-likeness (QED) is 0.365. The normalized spacial score (nSPS) is 17.0. The number of ether oxygens (including phenoxy) is 1. The van der Waals surface area contributed by atoms with Crippen LogP contribution in [0.3, 0.4) is 0 Å². The first-order chi connectivity index (χ1) is 14.4. The number of nitrogens with zero attached hydrogens (tertiary/aromatic N) is 4. The van der Waals surface area contributed by atoms with Crippen molar-refractivity contribution in [2.75, 3.05) is 26.6 Å². The Hall–Kier alpha value is -1.94. The lowest BCUT2D eigenvalue weighted by Crippen LogP contribution is -2.17. The van der Waals surface area contributed by atoms with Crippen LogP contribution in [0.15, 0.2) is 18.6 Å². The van der Waals surface area contributed by atoms with Gasteiger partial charge in [0, 0.05) is 27.3 Å². The molecule has 1 aliphatic rings. The number of nitrogens with two attached hydrogens (primary N) is 1. The minimum Gasteiger partial charge on any atom is -0.400 e. The molecule has 3 rings (SSSR count). The van der Waals surface area contributed by atoms with Gasteiger partial charge in [-0.25, -0.2) is 9.97 Å². The molecule has 30 heavy (non-hydrogen) atoms. The second-order valence-electron chi connectivity index (χ2n) is 5.04. The molecule has 0 bridgehead atoms. The Bertz CT molecular complexity index is 733. The maximum absolute atomic E-state index is 8.81. The Morgan fingerprint density at radius 1 is 1.23 bits per heavy atom. The fraction of sp³-hybridized carbons (Fsp3) is 0.588. The lowest BCUT2D eigenvalue weighted by Gasteiger charge is -2.15. The first kappa shape index (κ1) is 30.3. The van der Waals surface area contributed by atoms with E-state index in [1.807, 2.05) is 30.7 Å². The molecule has 12 nitrogen and oxygen atoms in total. The molecule has 2 unspecified atom stereocenters. The molecule has 2 aromatic heterocycles. The van der Waals surface area contributed by atoms with Crippen LogP contribution in [-0.4, -0.2) is 66.4 Å². The van der Waals surface area contributed by atoms with Crippen LogP contribution in [0.25, 0.3) is 11.0 Å². The number of aliphatic hydroxyl groups excluding tert-OH is 2. The fourth-order valence-corrected chi connectivity index (χ4v) is 2.79. The Labute approximate surface area is 176 Å². The molecule has 2 aromatic rings. The molecule has 7 N–H and O–H groups in total. The van der Waals surface area contributed by atoms with Gasteiger partial charge in [-0.15, -0.1) is 0 Å². The van der Waals surface area contributed by atoms with E-state index < -0.39 is 8.17 Å². The molecule has 0 saturated carbocycles. The van der Waals surface area contributed by atoms with E-state index in [2.05, 4.69) is 14.5 Å². The van der Waals surface area contributed by atoms with Gasteiger partial charge in [0.2, 0.25) is 0 Å². The minimum atomic E-state index is -4.22. The molecule has 0 aromatic carbocycles. The fourth-order valence-electron chi connectivity index (χ4n) is 2.42. The molecule has 1 saturated heterocycles. The van der Waals surface area contributed by atoms with E-state index in [1.54, 1.807) is 6.07 Å². The van der Waals surface area contributed by atoms with Crippen LogP contribution in [0.4, 0.5) is 5.82 Å². The van der Waals surface area contributed by atoms with Gasteiger partial charge in [-0.3, -0.25) is 0 Å². The number of aliphatic hydroxyl groups is 2. The van der Waals surface area contributed by atoms with Crippen molar-refractivity contribution in [2.24, 2.45) is 0 Å². The molecule has 1 fully saturated rings. The monoisotopic (exact) mass is 450 g/mol. The van der Waals surface area contributed by atoms with Crippen LogP contribution in [0, 0.1) is 11.3 Å². The predicted molar refractivity (Wildman–Crippen MR) is 114 cm³/mol. The molecule has 0 amide bonds. The lowest BCUT2D eigenvalue weighted by molar-refractivity contribution is -0.0232. The summed E-state index contributed by atoms with van der Waals surface area (Å²) in [6.45, 7) is 5.35. The summed E-state index contributed by atoms with van der Waals surface area (Å²) >= 11 is 0. The van der Waals surface area contributed by atoms with Crippen LogP contribution in [0.5, 0.6) is 0 Å². The maximum Gasteiger partial charge on any atom is 0.567 e. The zero-order valence-corrected chi connectivity index (χ0v) is 18.8. The van der Waals surface area contributed by atoms with Crippen molar-refractivity contribution in [2.45, 2.75) is 45.9 Å². The average Bonchev–Trinajstić information content (AvgIpc) is 3.39. The molecule has 0 radical (unpaired) electrons. The zero-order chi connectivity index (χ0) is 23.7. The molecule has 172 valence electrons. The molecule has 2 atom stereocenters. The maximum atomic E-state index is 8.81. The highest BCUT2D eigenvalue weighted by Crippen LogP contribution is 2.46. The van der Waals surface area contributed by atoms with Gasteiger partial charge in [0.1, 0.15) is 30.6 Å². The van der Waals surface area contributed by atoms with E-state index in [1.165, 1.54) is 13.3 Å². The summed E-state index contributed by atoms with van der Waals surface area (Å²) in [5, 5.41) is 22.1. The Morgan fingerprint density at radius 2 is 1.80 bits per heavy atom. The van der Waals surface area contributed by atoms with Gasteiger partial charge in [-0.2, -0.15) is 24.5 Å². The summed E-state index contributed by atoms with van der Waals surface area (Å²) in [6, 6.07) is 3.57. The number of anilines is 1. The average molecular weight is 450 g/mol. The van der Waals surface area contributed by atoms with Crippen LogP contribution >= 0.6 is 8.17 Å². The van der Waals surface area contributed by atoms with Crippen molar-refractivity contribution in [1.29, 1.82) is 5.26 Å². The van der Waals surface area contributed by atoms with Gasteiger partial charge < -0.3 is 25.3 Å². The van der Waals surface area contributed by atoms with Gasteiger partial charge in [-0.1, -0.05) is 13.8 Å². The third kappa shape index (κ3) is 10.2. The summed E-state index contributed by atoms with van der Waals surface area (Å²) < 4.78 is 12.2. The number of hydrogen-bond acceptors (Lipinski definition) is 11. The van der Waals surface area contributed by atoms with Gasteiger partial charge >= 0.3 is 8.17 Å². The summed E-state index contributed by atoms with van der Waals surface area (Å²) in [6.07, 6.45) is 4.05. The molecule has 0 aliphatic carbocycles. The van der Waals surface area contributed by atoms with Gasteiger partial charge in [0.25, 0.3) is 0 Å². The first-order valence-electron chi connectivity index (χ1n) is 9.00. The van der Waals surface area contributed by atoms with E-state index in [0.29, 0.717) is 17.9 Å². The number of nitrogen functional groups attached to an aromatic ring is 1. The molecule has 0 spiro atoms. The van der Waals surface area contributed by atoms with Crippen molar-refractivity contribution < 1.29 is 34.2 Å². The SMILES string of the molecule is CC.CC#N.CO.CO.Nc1ncnc2c1ccn2C1CCC(CO[P+](O)(O)O)O1. The van der Waals surface area contributed by atoms with Crippen molar-refractivity contribution in [3.63, 3.8) is 0 Å². The van der Waals surface area contributed by atoms with Crippen LogP contribution in [0.1, 0.15) is 39.8 Å². The third-order valence-corrected chi connectivity index (χ3v) is 3.86. The van der Waals surface area contributed by atoms with E-state index in [-0.39, 0.29) is 18.9 Å². The van der Waals surface area contributed by atoms with Crippen molar-refractivity contribution in [3.05, 3.63) is 18.6 Å². The molecule has 3 heterocycles. The number of nitriles is 1. The van der Waals surface area contributed by atoms with E-state index in [0.717, 1.165) is 26.0 Å². The summed E-state index contributed by atoms with van der Waals surface area (Å²) in [5.41, 5.74) is 6.47. The number of rotatable bonds is 4. The molecule has 13 heteroatoms. The highest BCUT2D eigenvalue weighted by Gasteiger charge is 2.37. The van der Waals surface area contributed by atoms with E-state index in [4.69, 9.17) is 40.6 Å². The van der Waals surface area contributed by atoms with Gasteiger partial charge in [0.15, 0.2) is 0 Å². The Kier molecular flexibility index (Phi) is 17.0. The van der Waals surface area contributed by atoms with Crippen molar-refractivity contribution in [1.82, 2.24) is 14.5 Å². The van der Waals surface area contributed by atoms with Crippen molar-refractivity contribution >= 4 is 25.0 Å². The first-order valence-corrected chi connectivity index (χ1v) is 10.6. The Morgan fingerprint density at radius 3 is 2.33 bits per heavy atom. The van der Waals surface area contributed by atoms with Crippen LogP contribution < -0.4 is 5.73 Å². The molecular formula is C17H33N5O7P+. The Balaban J connectivity index is 0. The summed E-state index contributed by atoms with van der Waals surface area (Å²) in [4.78, 5) is 34.6. The van der Waals surface area contributed by atoms with Crippen molar-refractivity contribution in [3.8, 4) is 6.07 Å². The number of aromatic nitrogens is 3. The third-order valence-electron chi connectivity index (χ3n) is 3.37. The van der Waals surface area contributed by atoms with Gasteiger partial charge in [-0.05, 0) is 18.9 Å². The number of hydrogen-bond donors (Lipinski definition) is 6. The topological polar surface area (TPSA) is 200 Å². The second kappa shape index (κ2) is 16.8. The molecule has 1 aliphatic heterocycles. The highest BCUT2D eigenvalue weighted by atomic mass is 31.2. The molecular weight excluding hydrogens is 417 g/mol. The standard InChI is InChI=1S/C11H16N4O5P.C2H3N.C2H6.2CH4O/c12-10-8-3-4-15(11(8)14-6-13-10)9-2-1-7(20-9)5-19-21(16,17)18;1-2-3;3*1-2/h3-4,6-7,9,16-18H,1-2,5H2,(H2,12,13,14);1H3;1-2H3;2*2H,1H3/q+1;;;;. The smallest absolute Gasteiger partial charge is 0.400 e. The van der Waals surface area contributed by atoms with E-state index >= 15 is 0 Å². The van der Waals surface area contributed by atoms with Crippen LogP contribution in [-0.2, 0) is 9.26 Å². The van der Waals surface area contributed by atoms with Gasteiger partial charge in [0.05, 0.1) is 17.6 Å². The predicted octanol–water partition coefficient (Wildman–Crippen LogP) is 1.14. The zero-order valence-electron chi connectivity index (χ0n) is 17.9. The minimum absolute atomic E-state index is 0.0793. The van der Waals surface area contributed by atoms with Crippen LogP contribution in [0.2, 0.25) is 0 Å². The highest BCUT2D eigenvalue weighted by molar-refractivity contribution is 7.53. The summed E-state index contributed by atoms with van der Waals surface area (Å²) in [7, 11) is -2.22. The largest absolute Gasteiger partial charge is 0.567 e. The number of fused-ring (bicyclic) bond motifs is 1.